The second-order valence-corrected chi connectivity index (χ2v) is 5.73. The summed E-state index contributed by atoms with van der Waals surface area (Å²) in [4.78, 5) is 12.6. The van der Waals surface area contributed by atoms with Gasteiger partial charge in [0.15, 0.2) is 5.84 Å². The van der Waals surface area contributed by atoms with E-state index in [2.05, 4.69) is 10.5 Å². The van der Waals surface area contributed by atoms with Crippen LogP contribution in [-0.2, 0) is 4.79 Å². The van der Waals surface area contributed by atoms with Crippen molar-refractivity contribution in [2.75, 3.05) is 5.32 Å². The number of nitrogens with two attached hydrogens (primary N) is 1. The van der Waals surface area contributed by atoms with Gasteiger partial charge in [0.2, 0.25) is 5.91 Å². The number of hydrogen-bond acceptors (Lipinski definition) is 4. The fourth-order valence-electron chi connectivity index (χ4n) is 2.61. The SMILES string of the molecule is NC(=NO)C1(C(=O)Nc2ccsc2)CCCCCC1. The molecule has 6 heteroatoms. The molecule has 4 N–H and O–H groups in total. The summed E-state index contributed by atoms with van der Waals surface area (Å²) in [5, 5.41) is 18.8. The van der Waals surface area contributed by atoms with Gasteiger partial charge in [0.05, 0.1) is 5.69 Å². The van der Waals surface area contributed by atoms with E-state index in [4.69, 9.17) is 10.9 Å². The lowest BCUT2D eigenvalue weighted by Gasteiger charge is -2.29. The van der Waals surface area contributed by atoms with Gasteiger partial charge < -0.3 is 16.3 Å². The predicted molar refractivity (Wildman–Crippen MR) is 76.5 cm³/mol. The molecule has 1 aromatic rings. The molecule has 0 bridgehead atoms. The van der Waals surface area contributed by atoms with Crippen molar-refractivity contribution in [2.45, 2.75) is 38.5 Å². The second kappa shape index (κ2) is 6.06. The molecule has 0 aromatic carbocycles. The standard InChI is InChI=1S/C13H19N3O2S/c14-11(16-18)13(6-3-1-2-4-7-13)12(17)15-10-5-8-19-9-10/h5,8-9,18H,1-4,6-7H2,(H2,14,16)(H,15,17). The Bertz CT molecular complexity index is 448. The molecule has 0 atom stereocenters. The van der Waals surface area contributed by atoms with E-state index < -0.39 is 5.41 Å². The molecule has 0 radical (unpaired) electrons. The van der Waals surface area contributed by atoms with E-state index in [1.807, 2.05) is 16.8 Å². The van der Waals surface area contributed by atoms with Gasteiger partial charge in [-0.3, -0.25) is 4.79 Å². The van der Waals surface area contributed by atoms with Crippen LogP contribution in [0, 0.1) is 5.41 Å². The molecule has 1 aromatic heterocycles. The summed E-state index contributed by atoms with van der Waals surface area (Å²) >= 11 is 1.52. The van der Waals surface area contributed by atoms with Crippen LogP contribution >= 0.6 is 11.3 Å². The van der Waals surface area contributed by atoms with Crippen LogP contribution < -0.4 is 11.1 Å². The average Bonchev–Trinajstić information content (AvgIpc) is 2.79. The summed E-state index contributed by atoms with van der Waals surface area (Å²) in [6.45, 7) is 0. The third kappa shape index (κ3) is 2.89. The van der Waals surface area contributed by atoms with Gasteiger partial charge in [0.25, 0.3) is 0 Å². The van der Waals surface area contributed by atoms with Crippen molar-refractivity contribution in [2.24, 2.45) is 16.3 Å². The number of oxime groups is 1. The molecule has 1 amide bonds. The summed E-state index contributed by atoms with van der Waals surface area (Å²) in [5.41, 5.74) is 5.72. The number of anilines is 1. The van der Waals surface area contributed by atoms with Crippen LogP contribution in [0.5, 0.6) is 0 Å². The van der Waals surface area contributed by atoms with Crippen LogP contribution in [0.2, 0.25) is 0 Å². The lowest BCUT2D eigenvalue weighted by Crippen LogP contribution is -2.46. The second-order valence-electron chi connectivity index (χ2n) is 4.95. The van der Waals surface area contributed by atoms with Crippen LogP contribution in [0.4, 0.5) is 5.69 Å². The van der Waals surface area contributed by atoms with Crippen LogP contribution in [-0.4, -0.2) is 17.0 Å². The zero-order valence-corrected chi connectivity index (χ0v) is 11.6. The fourth-order valence-corrected chi connectivity index (χ4v) is 3.20. The first-order valence-corrected chi connectivity index (χ1v) is 7.45. The highest BCUT2D eigenvalue weighted by atomic mass is 32.1. The normalized spacial score (nSPS) is 19.7. The lowest BCUT2D eigenvalue weighted by molar-refractivity contribution is -0.123. The van der Waals surface area contributed by atoms with Crippen LogP contribution in [0.1, 0.15) is 38.5 Å². The maximum Gasteiger partial charge on any atom is 0.238 e. The third-order valence-electron chi connectivity index (χ3n) is 3.77. The number of nitrogens with one attached hydrogen (secondary N) is 1. The Hall–Kier alpha value is -1.56. The van der Waals surface area contributed by atoms with Gasteiger partial charge in [0.1, 0.15) is 5.41 Å². The number of carbonyl (C=O) groups excluding carboxylic acids is 1. The molecule has 5 nitrogen and oxygen atoms in total. The van der Waals surface area contributed by atoms with Gasteiger partial charge in [-0.15, -0.1) is 0 Å². The van der Waals surface area contributed by atoms with Gasteiger partial charge in [0, 0.05) is 5.38 Å². The maximum absolute atomic E-state index is 12.6. The predicted octanol–water partition coefficient (Wildman–Crippen LogP) is 2.77. The van der Waals surface area contributed by atoms with E-state index in [1.165, 1.54) is 11.3 Å². The van der Waals surface area contributed by atoms with Crippen molar-refractivity contribution in [1.82, 2.24) is 0 Å². The van der Waals surface area contributed by atoms with E-state index >= 15 is 0 Å². The Labute approximate surface area is 116 Å². The molecule has 0 aliphatic heterocycles. The Balaban J connectivity index is 2.23. The molecular weight excluding hydrogens is 262 g/mol. The molecule has 0 unspecified atom stereocenters. The molecular formula is C13H19N3O2S. The molecule has 0 saturated heterocycles. The van der Waals surface area contributed by atoms with Crippen LogP contribution in [0.25, 0.3) is 0 Å². The highest BCUT2D eigenvalue weighted by molar-refractivity contribution is 7.08. The van der Waals surface area contributed by atoms with Crippen molar-refractivity contribution in [3.63, 3.8) is 0 Å². The first-order chi connectivity index (χ1) is 9.19. The molecule has 1 aliphatic rings. The fraction of sp³-hybridized carbons (Fsp3) is 0.538. The minimum atomic E-state index is -0.868. The van der Waals surface area contributed by atoms with Gasteiger partial charge in [-0.05, 0) is 24.3 Å². The smallest absolute Gasteiger partial charge is 0.238 e. The molecule has 2 rings (SSSR count). The van der Waals surface area contributed by atoms with Crippen molar-refractivity contribution in [1.29, 1.82) is 0 Å². The molecule has 0 spiro atoms. The summed E-state index contributed by atoms with van der Waals surface area (Å²) in [5.74, 6) is -0.134. The minimum Gasteiger partial charge on any atom is -0.409 e. The molecule has 1 saturated carbocycles. The zero-order valence-electron chi connectivity index (χ0n) is 10.8. The Kier molecular flexibility index (Phi) is 4.42. The summed E-state index contributed by atoms with van der Waals surface area (Å²) < 4.78 is 0. The number of thiophene rings is 1. The van der Waals surface area contributed by atoms with E-state index in [0.29, 0.717) is 12.8 Å². The van der Waals surface area contributed by atoms with Crippen LogP contribution in [0.15, 0.2) is 22.0 Å². The lowest BCUT2D eigenvalue weighted by atomic mass is 9.78. The van der Waals surface area contributed by atoms with Crippen molar-refractivity contribution >= 4 is 28.8 Å². The quantitative estimate of drug-likeness (QED) is 0.262. The van der Waals surface area contributed by atoms with Crippen molar-refractivity contribution < 1.29 is 10.0 Å². The highest BCUT2D eigenvalue weighted by Crippen LogP contribution is 2.36. The van der Waals surface area contributed by atoms with E-state index in [0.717, 1.165) is 31.4 Å². The first kappa shape index (κ1) is 13.9. The number of carbonyl (C=O) groups is 1. The molecule has 1 heterocycles. The van der Waals surface area contributed by atoms with Crippen LogP contribution in [0.3, 0.4) is 0 Å². The Morgan fingerprint density at radius 2 is 2.05 bits per heavy atom. The van der Waals surface area contributed by atoms with Gasteiger partial charge in [-0.2, -0.15) is 11.3 Å². The number of nitrogens with zero attached hydrogens (tertiary/aromatic N) is 1. The minimum absolute atomic E-state index is 0.0297. The molecule has 104 valence electrons. The average molecular weight is 281 g/mol. The third-order valence-corrected chi connectivity index (χ3v) is 4.45. The largest absolute Gasteiger partial charge is 0.409 e. The van der Waals surface area contributed by atoms with E-state index in [9.17, 15) is 4.79 Å². The monoisotopic (exact) mass is 281 g/mol. The van der Waals surface area contributed by atoms with Crippen molar-refractivity contribution in [3.8, 4) is 0 Å². The Morgan fingerprint density at radius 1 is 1.37 bits per heavy atom. The Morgan fingerprint density at radius 3 is 2.58 bits per heavy atom. The maximum atomic E-state index is 12.6. The number of amides is 1. The number of rotatable bonds is 3. The van der Waals surface area contributed by atoms with Gasteiger partial charge in [-0.25, -0.2) is 0 Å². The van der Waals surface area contributed by atoms with Gasteiger partial charge in [-0.1, -0.05) is 30.8 Å². The molecule has 1 aliphatic carbocycles. The first-order valence-electron chi connectivity index (χ1n) is 6.51. The van der Waals surface area contributed by atoms with Crippen molar-refractivity contribution in [3.05, 3.63) is 16.8 Å². The summed E-state index contributed by atoms with van der Waals surface area (Å²) in [7, 11) is 0. The van der Waals surface area contributed by atoms with E-state index in [1.54, 1.807) is 0 Å². The molecule has 1 fully saturated rings. The zero-order chi connectivity index (χ0) is 13.7. The van der Waals surface area contributed by atoms with E-state index in [-0.39, 0.29) is 11.7 Å². The number of amidine groups is 1. The van der Waals surface area contributed by atoms with Gasteiger partial charge >= 0.3 is 0 Å². The topological polar surface area (TPSA) is 87.7 Å². The summed E-state index contributed by atoms with van der Waals surface area (Å²) in [6, 6.07) is 1.85. The highest BCUT2D eigenvalue weighted by Gasteiger charge is 2.43. The number of hydrogen-bond donors (Lipinski definition) is 3. The summed E-state index contributed by atoms with van der Waals surface area (Å²) in [6.07, 6.45) is 5.30. The molecule has 19 heavy (non-hydrogen) atoms.